The van der Waals surface area contributed by atoms with Gasteiger partial charge in [-0.05, 0) is 54.2 Å². The molecule has 0 radical (unpaired) electrons. The molecule has 0 aromatic heterocycles. The molecule has 6 heteroatoms. The molecule has 2 aromatic rings. The van der Waals surface area contributed by atoms with Crippen molar-refractivity contribution in [2.75, 3.05) is 4.31 Å². The number of hydrogen-bond donors (Lipinski definition) is 1. The molecule has 1 heterocycles. The predicted octanol–water partition coefficient (Wildman–Crippen LogP) is 1.78. The first-order valence-electron chi connectivity index (χ1n) is 8.02. The Morgan fingerprint density at radius 1 is 1.04 bits per heavy atom. The Morgan fingerprint density at radius 2 is 1.79 bits per heavy atom. The molecule has 124 valence electrons. The molecule has 1 aliphatic heterocycles. The van der Waals surface area contributed by atoms with Crippen LogP contribution in [0.1, 0.15) is 23.1 Å². The van der Waals surface area contributed by atoms with Crippen LogP contribution in [0.15, 0.2) is 47.4 Å². The molecular weight excluding hydrogens is 324 g/mol. The number of carbonyl (C=O) groups is 1. The van der Waals surface area contributed by atoms with Crippen LogP contribution in [-0.4, -0.2) is 20.4 Å². The zero-order valence-electron chi connectivity index (χ0n) is 13.1. The number of amides is 1. The van der Waals surface area contributed by atoms with E-state index in [-0.39, 0.29) is 4.90 Å². The monoisotopic (exact) mass is 342 g/mol. The molecule has 0 saturated carbocycles. The molecule has 0 saturated heterocycles. The maximum absolute atomic E-state index is 13.2. The van der Waals surface area contributed by atoms with E-state index in [0.29, 0.717) is 12.1 Å². The number of para-hydroxylation sites is 1. The molecule has 0 unspecified atom stereocenters. The number of primary amides is 1. The first kappa shape index (κ1) is 15.2. The summed E-state index contributed by atoms with van der Waals surface area (Å²) < 4.78 is 27.7. The first-order chi connectivity index (χ1) is 11.5. The van der Waals surface area contributed by atoms with Gasteiger partial charge in [0.05, 0.1) is 10.6 Å². The second-order valence-corrected chi connectivity index (χ2v) is 8.15. The van der Waals surface area contributed by atoms with Gasteiger partial charge in [-0.2, -0.15) is 0 Å². The van der Waals surface area contributed by atoms with Crippen molar-refractivity contribution in [3.63, 3.8) is 0 Å². The topological polar surface area (TPSA) is 80.5 Å². The van der Waals surface area contributed by atoms with E-state index in [1.807, 2.05) is 18.2 Å². The first-order valence-corrected chi connectivity index (χ1v) is 9.46. The molecule has 1 aliphatic carbocycles. The van der Waals surface area contributed by atoms with E-state index in [2.05, 4.69) is 0 Å². The zero-order chi connectivity index (χ0) is 16.9. The molecule has 0 fully saturated rings. The highest BCUT2D eigenvalue weighted by molar-refractivity contribution is 7.93. The van der Waals surface area contributed by atoms with Crippen molar-refractivity contribution >= 4 is 21.6 Å². The minimum Gasteiger partial charge on any atom is -0.368 e. The summed E-state index contributed by atoms with van der Waals surface area (Å²) in [4.78, 5) is 12.1. The third-order valence-electron chi connectivity index (χ3n) is 4.88. The zero-order valence-corrected chi connectivity index (χ0v) is 13.9. The van der Waals surface area contributed by atoms with Gasteiger partial charge < -0.3 is 5.73 Å². The number of hydrogen-bond acceptors (Lipinski definition) is 3. The Labute approximate surface area is 141 Å². The second kappa shape index (κ2) is 5.34. The van der Waals surface area contributed by atoms with Crippen LogP contribution in [0.2, 0.25) is 0 Å². The number of fused-ring (bicyclic) bond motifs is 2. The number of rotatable bonds is 3. The minimum absolute atomic E-state index is 0.228. The lowest BCUT2D eigenvalue weighted by atomic mass is 10.1. The van der Waals surface area contributed by atoms with Crippen LogP contribution in [0.4, 0.5) is 5.69 Å². The van der Waals surface area contributed by atoms with E-state index in [1.165, 1.54) is 9.87 Å². The molecule has 1 atom stereocenters. The van der Waals surface area contributed by atoms with Gasteiger partial charge in [-0.25, -0.2) is 8.42 Å². The van der Waals surface area contributed by atoms with E-state index in [0.717, 1.165) is 30.4 Å². The highest BCUT2D eigenvalue weighted by atomic mass is 32.2. The third-order valence-corrected chi connectivity index (χ3v) is 6.70. The molecule has 2 N–H and O–H groups in total. The van der Waals surface area contributed by atoms with E-state index in [9.17, 15) is 13.2 Å². The number of nitrogens with two attached hydrogens (primary N) is 1. The summed E-state index contributed by atoms with van der Waals surface area (Å²) in [5.74, 6) is -0.629. The van der Waals surface area contributed by atoms with Gasteiger partial charge in [0, 0.05) is 6.42 Å². The van der Waals surface area contributed by atoms with Crippen LogP contribution in [0, 0.1) is 0 Å². The van der Waals surface area contributed by atoms with Crippen LogP contribution in [0.5, 0.6) is 0 Å². The van der Waals surface area contributed by atoms with Gasteiger partial charge in [-0.15, -0.1) is 0 Å². The molecular formula is C18H18N2O3S. The fraction of sp³-hybridized carbons (Fsp3) is 0.278. The smallest absolute Gasteiger partial charge is 0.265 e. The number of nitrogens with zero attached hydrogens (tertiary/aromatic N) is 1. The molecule has 0 spiro atoms. The summed E-state index contributed by atoms with van der Waals surface area (Å²) >= 11 is 0. The normalized spacial score (nSPS) is 19.2. The van der Waals surface area contributed by atoms with E-state index in [4.69, 9.17) is 5.73 Å². The Balaban J connectivity index is 1.84. The Kier molecular flexibility index (Phi) is 3.38. The van der Waals surface area contributed by atoms with Gasteiger partial charge >= 0.3 is 0 Å². The Morgan fingerprint density at radius 3 is 2.58 bits per heavy atom. The highest BCUT2D eigenvalue weighted by Crippen LogP contribution is 2.37. The summed E-state index contributed by atoms with van der Waals surface area (Å²) in [6.07, 6.45) is 3.26. The average Bonchev–Trinajstić information content (AvgIpc) is 3.18. The molecule has 4 rings (SSSR count). The SMILES string of the molecule is NC(=O)[C@@H]1Cc2ccccc2N1S(=O)(=O)c1ccc2c(c1)CCC2. The van der Waals surface area contributed by atoms with Crippen molar-refractivity contribution < 1.29 is 13.2 Å². The predicted molar refractivity (Wildman–Crippen MR) is 91.3 cm³/mol. The maximum atomic E-state index is 13.2. The largest absolute Gasteiger partial charge is 0.368 e. The standard InChI is InChI=1S/C18H18N2O3S/c19-18(21)17-11-14-4-1-2-7-16(14)20(17)24(22,23)15-9-8-12-5-3-6-13(12)10-15/h1-2,4,7-10,17H,3,5-6,11H2,(H2,19,21)/t17-/m0/s1. The van der Waals surface area contributed by atoms with Gasteiger partial charge in [0.15, 0.2) is 0 Å². The van der Waals surface area contributed by atoms with Crippen LogP contribution in [-0.2, 0) is 34.1 Å². The number of anilines is 1. The van der Waals surface area contributed by atoms with Gasteiger partial charge in [0.1, 0.15) is 6.04 Å². The van der Waals surface area contributed by atoms with E-state index in [1.54, 1.807) is 24.3 Å². The summed E-state index contributed by atoms with van der Waals surface area (Å²) in [6.45, 7) is 0. The third kappa shape index (κ3) is 2.21. The lowest BCUT2D eigenvalue weighted by Crippen LogP contribution is -2.46. The van der Waals surface area contributed by atoms with E-state index >= 15 is 0 Å². The molecule has 24 heavy (non-hydrogen) atoms. The lowest BCUT2D eigenvalue weighted by molar-refractivity contribution is -0.118. The van der Waals surface area contributed by atoms with Crippen LogP contribution < -0.4 is 10.0 Å². The van der Waals surface area contributed by atoms with Gasteiger partial charge in [0.2, 0.25) is 5.91 Å². The summed E-state index contributed by atoms with van der Waals surface area (Å²) in [7, 11) is -3.84. The molecule has 2 aliphatic rings. The number of sulfonamides is 1. The fourth-order valence-corrected chi connectivity index (χ4v) is 5.40. The fourth-order valence-electron chi connectivity index (χ4n) is 3.69. The van der Waals surface area contributed by atoms with Gasteiger partial charge in [-0.3, -0.25) is 9.10 Å². The quantitative estimate of drug-likeness (QED) is 0.923. The van der Waals surface area contributed by atoms with Crippen molar-refractivity contribution in [3.8, 4) is 0 Å². The minimum atomic E-state index is -3.84. The highest BCUT2D eigenvalue weighted by Gasteiger charge is 2.41. The van der Waals surface area contributed by atoms with Crippen molar-refractivity contribution in [1.82, 2.24) is 0 Å². The van der Waals surface area contributed by atoms with Crippen LogP contribution in [0.3, 0.4) is 0 Å². The van der Waals surface area contributed by atoms with Crippen LogP contribution in [0.25, 0.3) is 0 Å². The summed E-state index contributed by atoms with van der Waals surface area (Å²) in [5, 5.41) is 0. The molecule has 1 amide bonds. The summed E-state index contributed by atoms with van der Waals surface area (Å²) in [6, 6.07) is 11.6. The second-order valence-electron chi connectivity index (χ2n) is 6.34. The van der Waals surface area contributed by atoms with Crippen LogP contribution >= 0.6 is 0 Å². The number of carbonyl (C=O) groups excluding carboxylic acids is 1. The number of aryl methyl sites for hydroxylation is 2. The Bertz CT molecular complexity index is 937. The molecule has 2 aromatic carbocycles. The Hall–Kier alpha value is -2.34. The van der Waals surface area contributed by atoms with Crippen molar-refractivity contribution in [2.45, 2.75) is 36.6 Å². The van der Waals surface area contributed by atoms with Gasteiger partial charge in [0.25, 0.3) is 10.0 Å². The number of benzene rings is 2. The molecule has 0 bridgehead atoms. The lowest BCUT2D eigenvalue weighted by Gasteiger charge is -2.25. The van der Waals surface area contributed by atoms with E-state index < -0.39 is 22.0 Å². The average molecular weight is 342 g/mol. The van der Waals surface area contributed by atoms with Gasteiger partial charge in [-0.1, -0.05) is 24.3 Å². The summed E-state index contributed by atoms with van der Waals surface area (Å²) in [5.41, 5.74) is 9.15. The van der Waals surface area contributed by atoms with Crippen molar-refractivity contribution in [1.29, 1.82) is 0 Å². The van der Waals surface area contributed by atoms with Crippen molar-refractivity contribution in [3.05, 3.63) is 59.2 Å². The molecule has 5 nitrogen and oxygen atoms in total. The maximum Gasteiger partial charge on any atom is 0.265 e. The van der Waals surface area contributed by atoms with Crippen molar-refractivity contribution in [2.24, 2.45) is 5.73 Å².